The van der Waals surface area contributed by atoms with E-state index in [9.17, 15) is 23.7 Å². The standard InChI is InChI=1S/C24H37FN3O11PS/c1-22(2,3)37-19(30)28(20(31)38-23(4,5)6)14-10-11-27(18(29)26-14)17-15(25)16(13(41-17)12-35-40(33)34)36-21(32)39-24(7,8)9/h10-11,13,15-17,40H,12H2,1-9H3,(H,33,34)/t13-,15+,16-,17?/m1/s1. The van der Waals surface area contributed by atoms with E-state index < -0.39 is 84.4 Å². The van der Waals surface area contributed by atoms with Crippen molar-refractivity contribution in [3.05, 3.63) is 22.7 Å². The van der Waals surface area contributed by atoms with Gasteiger partial charge in [-0.3, -0.25) is 9.13 Å². The van der Waals surface area contributed by atoms with Crippen LogP contribution in [0.4, 0.5) is 24.6 Å². The summed E-state index contributed by atoms with van der Waals surface area (Å²) in [5.41, 5.74) is -4.02. The van der Waals surface area contributed by atoms with Crippen LogP contribution < -0.4 is 10.6 Å². The van der Waals surface area contributed by atoms with Crippen LogP contribution in [0.1, 0.15) is 67.7 Å². The van der Waals surface area contributed by atoms with Gasteiger partial charge in [-0.05, 0) is 68.4 Å². The van der Waals surface area contributed by atoms with Gasteiger partial charge in [0.05, 0.1) is 11.9 Å². The maximum Gasteiger partial charge on any atom is 0.509 e. The predicted molar refractivity (Wildman–Crippen MR) is 147 cm³/mol. The number of aromatic nitrogens is 2. The summed E-state index contributed by atoms with van der Waals surface area (Å²) >= 11 is 0.798. The molecule has 0 saturated carbocycles. The number of nitrogens with zero attached hydrogens (tertiary/aromatic N) is 3. The number of hydrogen-bond donors (Lipinski definition) is 1. The summed E-state index contributed by atoms with van der Waals surface area (Å²) in [6.45, 7) is 13.7. The third kappa shape index (κ3) is 10.6. The molecule has 2 amide bonds. The Labute approximate surface area is 241 Å². The van der Waals surface area contributed by atoms with Gasteiger partial charge in [0.1, 0.15) is 22.2 Å². The molecule has 1 aromatic rings. The summed E-state index contributed by atoms with van der Waals surface area (Å²) in [6.07, 6.45) is -5.93. The lowest BCUT2D eigenvalue weighted by atomic mass is 10.1. The molecule has 0 aliphatic carbocycles. The summed E-state index contributed by atoms with van der Waals surface area (Å²) < 4.78 is 53.3. The van der Waals surface area contributed by atoms with E-state index in [0.29, 0.717) is 4.90 Å². The molecule has 1 aromatic heterocycles. The average molecular weight is 626 g/mol. The van der Waals surface area contributed by atoms with Crippen molar-refractivity contribution in [3.63, 3.8) is 0 Å². The van der Waals surface area contributed by atoms with Crippen LogP contribution in [0.5, 0.6) is 0 Å². The van der Waals surface area contributed by atoms with E-state index in [1.165, 1.54) is 0 Å². The fourth-order valence-electron chi connectivity index (χ4n) is 3.33. The molecule has 17 heteroatoms. The van der Waals surface area contributed by atoms with Gasteiger partial charge in [0.15, 0.2) is 18.1 Å². The minimum absolute atomic E-state index is 0.437. The van der Waals surface area contributed by atoms with Gasteiger partial charge in [0.2, 0.25) is 0 Å². The topological polar surface area (TPSA) is 173 Å². The fraction of sp³-hybridized carbons (Fsp3) is 0.708. The van der Waals surface area contributed by atoms with Crippen LogP contribution in [0.2, 0.25) is 0 Å². The maximum atomic E-state index is 15.7. The van der Waals surface area contributed by atoms with E-state index >= 15 is 4.39 Å². The number of thioether (sulfide) groups is 1. The molecule has 2 rings (SSSR count). The molecule has 1 aliphatic heterocycles. The van der Waals surface area contributed by atoms with Gasteiger partial charge in [-0.2, -0.15) is 9.88 Å². The number of anilines is 1. The van der Waals surface area contributed by atoms with Gasteiger partial charge in [-0.25, -0.2) is 23.6 Å². The van der Waals surface area contributed by atoms with Crippen LogP contribution in [-0.2, 0) is 28.0 Å². The zero-order valence-electron chi connectivity index (χ0n) is 24.3. The van der Waals surface area contributed by atoms with Crippen LogP contribution in [0.25, 0.3) is 0 Å². The van der Waals surface area contributed by atoms with Gasteiger partial charge in [-0.15, -0.1) is 11.8 Å². The molecule has 1 fully saturated rings. The third-order valence-corrected chi connectivity index (χ3v) is 6.66. The molecule has 1 aliphatic rings. The van der Waals surface area contributed by atoms with Crippen molar-refractivity contribution in [2.75, 3.05) is 11.5 Å². The number of halogens is 1. The van der Waals surface area contributed by atoms with Crippen molar-refractivity contribution < 1.29 is 51.7 Å². The van der Waals surface area contributed by atoms with Crippen molar-refractivity contribution in [2.24, 2.45) is 0 Å². The number of rotatable bonds is 6. The lowest BCUT2D eigenvalue weighted by Crippen LogP contribution is -2.45. The second-order valence-electron chi connectivity index (χ2n) is 11.9. The van der Waals surface area contributed by atoms with Crippen molar-refractivity contribution in [3.8, 4) is 0 Å². The first-order valence-electron chi connectivity index (χ1n) is 12.5. The summed E-state index contributed by atoms with van der Waals surface area (Å²) in [5, 5.41) is -2.34. The number of alkyl halides is 1. The van der Waals surface area contributed by atoms with Crippen LogP contribution in [0, 0.1) is 0 Å². The molecule has 232 valence electrons. The second-order valence-corrected chi connectivity index (χ2v) is 14.1. The zero-order chi connectivity index (χ0) is 31.5. The average Bonchev–Trinajstić information content (AvgIpc) is 3.03. The van der Waals surface area contributed by atoms with Crippen molar-refractivity contribution in [2.45, 2.75) is 102 Å². The normalized spacial score (nSPS) is 22.0. The molecule has 0 bridgehead atoms. The van der Waals surface area contributed by atoms with Gasteiger partial charge in [0, 0.05) is 6.20 Å². The monoisotopic (exact) mass is 625 g/mol. The Balaban J connectivity index is 2.43. The lowest BCUT2D eigenvalue weighted by molar-refractivity contribution is -0.0454. The number of imide groups is 1. The second kappa shape index (κ2) is 13.1. The van der Waals surface area contributed by atoms with Crippen LogP contribution in [-0.4, -0.2) is 73.7 Å². The molecule has 2 heterocycles. The number of hydrogen-bond acceptors (Lipinski definition) is 12. The molecule has 14 nitrogen and oxygen atoms in total. The first-order valence-corrected chi connectivity index (χ1v) is 14.7. The van der Waals surface area contributed by atoms with Gasteiger partial charge >= 0.3 is 32.3 Å². The van der Waals surface area contributed by atoms with E-state index in [-0.39, 0.29) is 0 Å². The number of amides is 2. The van der Waals surface area contributed by atoms with E-state index in [2.05, 4.69) is 4.98 Å². The van der Waals surface area contributed by atoms with Crippen LogP contribution in [0.3, 0.4) is 0 Å². The first-order chi connectivity index (χ1) is 18.6. The van der Waals surface area contributed by atoms with E-state index in [0.717, 1.165) is 28.6 Å². The molecular weight excluding hydrogens is 588 g/mol. The Hall–Kier alpha value is -2.68. The summed E-state index contributed by atoms with van der Waals surface area (Å²) in [5.74, 6) is -0.437. The highest BCUT2D eigenvalue weighted by Gasteiger charge is 2.49. The number of ether oxygens (including phenoxy) is 4. The number of carbonyl (C=O) groups excluding carboxylic acids is 3. The first kappa shape index (κ1) is 34.5. The molecule has 0 spiro atoms. The molecule has 1 saturated heterocycles. The Morgan fingerprint density at radius 3 is 1.98 bits per heavy atom. The molecule has 41 heavy (non-hydrogen) atoms. The molecule has 5 atom stereocenters. The fourth-order valence-corrected chi connectivity index (χ4v) is 5.23. The number of carbonyl (C=O) groups is 3. The van der Waals surface area contributed by atoms with E-state index in [1.54, 1.807) is 62.3 Å². The van der Waals surface area contributed by atoms with Gasteiger partial charge in [-0.1, -0.05) is 0 Å². The van der Waals surface area contributed by atoms with Gasteiger partial charge < -0.3 is 28.4 Å². The highest BCUT2D eigenvalue weighted by atomic mass is 32.2. The van der Waals surface area contributed by atoms with Crippen LogP contribution in [0.15, 0.2) is 17.1 Å². The Morgan fingerprint density at radius 1 is 1.02 bits per heavy atom. The third-order valence-electron chi connectivity index (χ3n) is 4.73. The van der Waals surface area contributed by atoms with Crippen molar-refractivity contribution in [1.82, 2.24) is 9.55 Å². The zero-order valence-corrected chi connectivity index (χ0v) is 26.1. The van der Waals surface area contributed by atoms with E-state index in [4.69, 9.17) is 28.4 Å². The molecular formula is C24H37FN3O11PS. The Kier molecular flexibility index (Phi) is 11.0. The van der Waals surface area contributed by atoms with Gasteiger partial charge in [0.25, 0.3) is 0 Å². The largest absolute Gasteiger partial charge is 0.509 e. The van der Waals surface area contributed by atoms with Crippen molar-refractivity contribution in [1.29, 1.82) is 0 Å². The quantitative estimate of drug-likeness (QED) is 0.264. The molecule has 0 radical (unpaired) electrons. The minimum atomic E-state index is -3.40. The highest BCUT2D eigenvalue weighted by molar-refractivity contribution is 8.00. The van der Waals surface area contributed by atoms with Crippen LogP contribution >= 0.6 is 20.0 Å². The molecule has 1 N–H and O–H groups in total. The molecule has 0 aromatic carbocycles. The predicted octanol–water partition coefficient (Wildman–Crippen LogP) is 4.59. The molecule has 2 unspecified atom stereocenters. The van der Waals surface area contributed by atoms with E-state index in [1.807, 2.05) is 0 Å². The maximum absolute atomic E-state index is 15.7. The highest BCUT2D eigenvalue weighted by Crippen LogP contribution is 2.45. The Morgan fingerprint density at radius 2 is 1.54 bits per heavy atom. The van der Waals surface area contributed by atoms with Crippen molar-refractivity contribution >= 4 is 44.2 Å². The SMILES string of the molecule is CC(C)(C)OC(=O)O[C@H]1[C@H](F)C(n2ccc(N(C(=O)OC(C)(C)C)C(=O)OC(C)(C)C)nc2=O)S[C@@H]1CO[PH](=O)O. The smallest absolute Gasteiger partial charge is 0.443 e. The lowest BCUT2D eigenvalue weighted by Gasteiger charge is -2.28. The summed E-state index contributed by atoms with van der Waals surface area (Å²) in [6, 6.07) is 1.11. The minimum Gasteiger partial charge on any atom is -0.443 e. The Bertz CT molecular complexity index is 1180. The summed E-state index contributed by atoms with van der Waals surface area (Å²) in [4.78, 5) is 64.4. The summed E-state index contributed by atoms with van der Waals surface area (Å²) in [7, 11) is -3.40.